The molecule has 0 aromatic heterocycles. The zero-order valence-electron chi connectivity index (χ0n) is 22.6. The van der Waals surface area contributed by atoms with Crippen molar-refractivity contribution in [3.05, 3.63) is 112 Å². The molecule has 2 unspecified atom stereocenters. The third-order valence-electron chi connectivity index (χ3n) is 6.95. The van der Waals surface area contributed by atoms with Crippen molar-refractivity contribution >= 4 is 25.4 Å². The number of esters is 1. The Bertz CT molecular complexity index is 1510. The fraction of sp³-hybridized carbons (Fsp3) is 0.241. The van der Waals surface area contributed by atoms with Crippen molar-refractivity contribution in [2.45, 2.75) is 32.6 Å². The number of carbonyl (C=O) groups excluding carboxylic acids is 2. The number of β-lactam (4-membered cyclic amide) rings is 1. The van der Waals surface area contributed by atoms with Crippen LogP contribution in [-0.4, -0.2) is 39.0 Å². The monoisotopic (exact) mass is 594 g/mol. The number of fused-ring (bicyclic) bond motifs is 1. The Morgan fingerprint density at radius 1 is 0.976 bits per heavy atom. The first-order valence-corrected chi connectivity index (χ1v) is 14.5. The number of hydrogen-bond acceptors (Lipinski definition) is 10. The van der Waals surface area contributed by atoms with Crippen LogP contribution in [-0.2, 0) is 30.0 Å². The van der Waals surface area contributed by atoms with Crippen LogP contribution in [0.1, 0.15) is 19.4 Å². The van der Waals surface area contributed by atoms with Crippen molar-refractivity contribution in [3.63, 3.8) is 0 Å². The van der Waals surface area contributed by atoms with E-state index in [2.05, 4.69) is 0 Å². The van der Waals surface area contributed by atoms with Crippen molar-refractivity contribution < 1.29 is 42.5 Å². The summed E-state index contributed by atoms with van der Waals surface area (Å²) in [6.45, 7) is 2.87. The van der Waals surface area contributed by atoms with E-state index < -0.39 is 48.6 Å². The van der Waals surface area contributed by atoms with Crippen LogP contribution in [0.5, 0.6) is 11.5 Å². The Kier molecular flexibility index (Phi) is 8.02. The van der Waals surface area contributed by atoms with Gasteiger partial charge in [0.05, 0.1) is 23.0 Å². The molecule has 2 aliphatic rings. The molecule has 0 bridgehead atoms. The summed E-state index contributed by atoms with van der Waals surface area (Å²) in [5, 5.41) is 21.2. The summed E-state index contributed by atoms with van der Waals surface area (Å²) >= 11 is 0. The quantitative estimate of drug-likeness (QED) is 0.106. The van der Waals surface area contributed by atoms with E-state index in [1.54, 1.807) is 67.6 Å². The van der Waals surface area contributed by atoms with Gasteiger partial charge < -0.3 is 23.4 Å². The summed E-state index contributed by atoms with van der Waals surface area (Å²) in [7, 11) is -4.54. The predicted molar refractivity (Wildman–Crippen MR) is 148 cm³/mol. The molecule has 0 spiro atoms. The zero-order valence-corrected chi connectivity index (χ0v) is 23.5. The van der Waals surface area contributed by atoms with Crippen molar-refractivity contribution in [1.29, 1.82) is 0 Å². The van der Waals surface area contributed by atoms with E-state index in [0.29, 0.717) is 5.56 Å². The largest absolute Gasteiger partial charge is 0.646 e. The van der Waals surface area contributed by atoms with Crippen LogP contribution in [0, 0.1) is 22.0 Å². The number of carbonyl (C=O) groups is 2. The summed E-state index contributed by atoms with van der Waals surface area (Å²) in [5.74, 6) is -2.82. The first-order chi connectivity index (χ1) is 20.1. The van der Waals surface area contributed by atoms with Crippen molar-refractivity contribution in [3.8, 4) is 11.5 Å². The number of nitro benzene ring substituents is 1. The van der Waals surface area contributed by atoms with Crippen molar-refractivity contribution in [2.24, 2.45) is 11.8 Å². The van der Waals surface area contributed by atoms with E-state index in [1.807, 2.05) is 0 Å². The summed E-state index contributed by atoms with van der Waals surface area (Å²) in [6, 6.07) is 21.1. The number of non-ortho nitro benzene ring substituents is 1. The van der Waals surface area contributed by atoms with Gasteiger partial charge in [0.2, 0.25) is 5.91 Å². The number of aliphatic hydroxyl groups excluding tert-OH is 1. The van der Waals surface area contributed by atoms with Gasteiger partial charge in [0, 0.05) is 18.1 Å². The Balaban J connectivity index is 1.48. The molecule has 3 aromatic rings. The molecule has 12 nitrogen and oxygen atoms in total. The molecule has 3 aromatic carbocycles. The summed E-state index contributed by atoms with van der Waals surface area (Å²) in [5.41, 5.74) is 0.0469. The number of ether oxygens (including phenoxy) is 1. The molecular weight excluding hydrogens is 567 g/mol. The summed E-state index contributed by atoms with van der Waals surface area (Å²) in [6.07, 6.45) is -1.02. The molecule has 0 saturated carbocycles. The Morgan fingerprint density at radius 3 is 2.02 bits per heavy atom. The van der Waals surface area contributed by atoms with Crippen LogP contribution in [0.25, 0.3) is 0 Å². The molecule has 1 amide bonds. The molecule has 42 heavy (non-hydrogen) atoms. The van der Waals surface area contributed by atoms with Gasteiger partial charge in [0.1, 0.15) is 23.9 Å². The number of amides is 1. The lowest BCUT2D eigenvalue weighted by Crippen LogP contribution is -2.63. The highest BCUT2D eigenvalue weighted by atomic mass is 31.2. The SMILES string of the molecule is C[C@@H](O)C1C(=O)N2C(C(=O)OCc3ccc([N+](=O)[O-])cc3)=C(OP(=O)(Oc3ccccc3)Oc3ccccc3)[C@H](C)C12. The van der Waals surface area contributed by atoms with Gasteiger partial charge in [-0.3, -0.25) is 19.8 Å². The molecule has 2 heterocycles. The number of phosphoric acid groups is 1. The average Bonchev–Trinajstić information content (AvgIpc) is 3.20. The van der Waals surface area contributed by atoms with Gasteiger partial charge in [-0.1, -0.05) is 43.3 Å². The average molecular weight is 595 g/mol. The molecule has 1 N–H and O–H groups in total. The maximum absolute atomic E-state index is 14.2. The van der Waals surface area contributed by atoms with Crippen LogP contribution >= 0.6 is 7.82 Å². The third kappa shape index (κ3) is 5.72. The second-order valence-corrected chi connectivity index (χ2v) is 11.3. The summed E-state index contributed by atoms with van der Waals surface area (Å²) in [4.78, 5) is 38.1. The maximum Gasteiger partial charge on any atom is 0.646 e. The maximum atomic E-state index is 14.2. The highest BCUT2D eigenvalue weighted by Gasteiger charge is 2.62. The first kappa shape index (κ1) is 28.8. The lowest BCUT2D eigenvalue weighted by Gasteiger charge is -2.46. The molecule has 1 fully saturated rings. The minimum absolute atomic E-state index is 0.126. The van der Waals surface area contributed by atoms with Crippen LogP contribution in [0.15, 0.2) is 96.4 Å². The normalized spacial score (nSPS) is 20.3. The van der Waals surface area contributed by atoms with E-state index in [0.717, 1.165) is 0 Å². The molecule has 5 rings (SSSR count). The number of nitro groups is 1. The van der Waals surface area contributed by atoms with Crippen LogP contribution < -0.4 is 9.05 Å². The van der Waals surface area contributed by atoms with E-state index in [4.69, 9.17) is 18.3 Å². The molecule has 0 radical (unpaired) electrons. The van der Waals surface area contributed by atoms with E-state index >= 15 is 0 Å². The van der Waals surface area contributed by atoms with E-state index in [-0.39, 0.29) is 35.2 Å². The molecule has 0 aliphatic carbocycles. The van der Waals surface area contributed by atoms with Crippen molar-refractivity contribution in [2.75, 3.05) is 0 Å². The number of rotatable bonds is 11. The number of hydrogen-bond donors (Lipinski definition) is 1. The Hall–Kier alpha value is -4.67. The van der Waals surface area contributed by atoms with Gasteiger partial charge in [-0.15, -0.1) is 0 Å². The number of nitrogens with zero attached hydrogens (tertiary/aromatic N) is 2. The highest BCUT2D eigenvalue weighted by molar-refractivity contribution is 7.49. The van der Waals surface area contributed by atoms with Gasteiger partial charge in [0.15, 0.2) is 5.70 Å². The van der Waals surface area contributed by atoms with Gasteiger partial charge in [-0.2, -0.15) is 4.57 Å². The van der Waals surface area contributed by atoms with Crippen LogP contribution in [0.3, 0.4) is 0 Å². The van der Waals surface area contributed by atoms with Gasteiger partial charge in [-0.05, 0) is 48.9 Å². The molecular formula is C29H27N2O10P. The van der Waals surface area contributed by atoms with Gasteiger partial charge in [-0.25, -0.2) is 4.79 Å². The Morgan fingerprint density at radius 2 is 1.52 bits per heavy atom. The number of aliphatic hydroxyl groups is 1. The lowest BCUT2D eigenvalue weighted by atomic mass is 9.79. The molecule has 218 valence electrons. The van der Waals surface area contributed by atoms with Gasteiger partial charge in [0.25, 0.3) is 5.69 Å². The zero-order chi connectivity index (χ0) is 30.0. The second-order valence-electron chi connectivity index (χ2n) is 9.81. The van der Waals surface area contributed by atoms with Crippen molar-refractivity contribution in [1.82, 2.24) is 4.90 Å². The smallest absolute Gasteiger partial charge is 0.456 e. The lowest BCUT2D eigenvalue weighted by molar-refractivity contribution is -0.384. The highest BCUT2D eigenvalue weighted by Crippen LogP contribution is 2.57. The second kappa shape index (κ2) is 11.7. The molecule has 2 aliphatic heterocycles. The first-order valence-electron chi connectivity index (χ1n) is 13.0. The van der Waals surface area contributed by atoms with Gasteiger partial charge >= 0.3 is 13.8 Å². The number of phosphoric ester groups is 1. The summed E-state index contributed by atoms with van der Waals surface area (Å²) < 4.78 is 37.0. The standard InChI is InChI=1S/C29H27N2O10P/c1-18-25-24(19(2)32)28(33)30(25)26(29(34)38-17-20-13-15-21(16-14-20)31(35)36)27(18)41-42(37,39-22-9-5-3-6-10-22)40-23-11-7-4-8-12-23/h3-16,18-19,24-25,32H,17H2,1-2H3/t18-,19-,24?,25?/m1/s1. The third-order valence-corrected chi connectivity index (χ3v) is 8.24. The minimum atomic E-state index is -4.54. The molecule has 1 saturated heterocycles. The number of para-hydroxylation sites is 2. The van der Waals surface area contributed by atoms with E-state index in [1.165, 1.54) is 36.1 Å². The predicted octanol–water partition coefficient (Wildman–Crippen LogP) is 4.99. The number of benzene rings is 3. The Labute approximate surface area is 240 Å². The molecule has 13 heteroatoms. The fourth-order valence-corrected chi connectivity index (χ4v) is 6.33. The molecule has 4 atom stereocenters. The van der Waals surface area contributed by atoms with Crippen LogP contribution in [0.2, 0.25) is 0 Å². The van der Waals surface area contributed by atoms with E-state index in [9.17, 15) is 29.4 Å². The topological polar surface area (TPSA) is 155 Å². The fourth-order valence-electron chi connectivity index (χ4n) is 4.96. The van der Waals surface area contributed by atoms with Crippen LogP contribution in [0.4, 0.5) is 5.69 Å². The minimum Gasteiger partial charge on any atom is -0.456 e.